The molecule has 0 aliphatic rings. The summed E-state index contributed by atoms with van der Waals surface area (Å²) in [4.78, 5) is 24.9. The van der Waals surface area contributed by atoms with Crippen molar-refractivity contribution in [3.8, 4) is 11.5 Å². The van der Waals surface area contributed by atoms with Crippen LogP contribution in [0.3, 0.4) is 0 Å². The molecule has 2 amide bonds. The number of carbonyl (C=O) groups is 2. The van der Waals surface area contributed by atoms with Gasteiger partial charge in [0, 0.05) is 13.1 Å². The number of carbonyl (C=O) groups excluding carboxylic acids is 2. The molecule has 0 fully saturated rings. The third-order valence-electron chi connectivity index (χ3n) is 6.06. The molecule has 2 N–H and O–H groups in total. The van der Waals surface area contributed by atoms with Crippen LogP contribution in [-0.2, 0) is 9.59 Å². The van der Waals surface area contributed by atoms with E-state index in [1.165, 1.54) is 0 Å². The highest BCUT2D eigenvalue weighted by Crippen LogP contribution is 2.16. The maximum absolute atomic E-state index is 12.4. The van der Waals surface area contributed by atoms with E-state index < -0.39 is 12.2 Å². The lowest BCUT2D eigenvalue weighted by Crippen LogP contribution is -2.38. The molecule has 6 heteroatoms. The average Bonchev–Trinajstić information content (AvgIpc) is 2.86. The van der Waals surface area contributed by atoms with Crippen molar-refractivity contribution in [1.29, 1.82) is 0 Å². The topological polar surface area (TPSA) is 76.7 Å². The Labute approximate surface area is 217 Å². The van der Waals surface area contributed by atoms with Crippen LogP contribution in [0.2, 0.25) is 0 Å². The van der Waals surface area contributed by atoms with Crippen molar-refractivity contribution >= 4 is 11.8 Å². The summed E-state index contributed by atoms with van der Waals surface area (Å²) in [5, 5.41) is 6.01. The van der Waals surface area contributed by atoms with Crippen LogP contribution < -0.4 is 20.1 Å². The van der Waals surface area contributed by atoms with E-state index >= 15 is 0 Å². The third-order valence-corrected chi connectivity index (χ3v) is 6.06. The van der Waals surface area contributed by atoms with Gasteiger partial charge in [-0.15, -0.1) is 0 Å². The number of benzene rings is 2. The average molecular weight is 497 g/mol. The first kappa shape index (κ1) is 29.2. The first-order valence-corrected chi connectivity index (χ1v) is 13.4. The number of ether oxygens (including phenoxy) is 2. The van der Waals surface area contributed by atoms with Gasteiger partial charge in [0.25, 0.3) is 11.8 Å². The van der Waals surface area contributed by atoms with Crippen molar-refractivity contribution in [3.63, 3.8) is 0 Å². The number of hydrogen-bond acceptors (Lipinski definition) is 4. The summed E-state index contributed by atoms with van der Waals surface area (Å²) in [5.41, 5.74) is 2.23. The lowest BCUT2D eigenvalue weighted by Gasteiger charge is -2.17. The van der Waals surface area contributed by atoms with E-state index in [9.17, 15) is 9.59 Å². The molecule has 198 valence electrons. The second kappa shape index (κ2) is 16.6. The minimum Gasteiger partial charge on any atom is -0.481 e. The first-order valence-electron chi connectivity index (χ1n) is 13.4. The zero-order valence-electron chi connectivity index (χ0n) is 22.5. The highest BCUT2D eigenvalue weighted by atomic mass is 16.5. The molecule has 0 spiro atoms. The Morgan fingerprint density at radius 3 is 1.42 bits per heavy atom. The number of hydrogen-bond donors (Lipinski definition) is 2. The molecule has 2 rings (SSSR count). The molecule has 0 radical (unpaired) electrons. The van der Waals surface area contributed by atoms with Gasteiger partial charge >= 0.3 is 0 Å². The lowest BCUT2D eigenvalue weighted by molar-refractivity contribution is -0.128. The van der Waals surface area contributed by atoms with Gasteiger partial charge in [0.1, 0.15) is 11.5 Å². The molecule has 0 bridgehead atoms. The summed E-state index contributed by atoms with van der Waals surface area (Å²) in [5.74, 6) is 1.37. The van der Waals surface area contributed by atoms with E-state index in [0.717, 1.165) is 61.2 Å². The smallest absolute Gasteiger partial charge is 0.261 e. The van der Waals surface area contributed by atoms with Crippen LogP contribution in [0.5, 0.6) is 11.5 Å². The van der Waals surface area contributed by atoms with Gasteiger partial charge in [0.2, 0.25) is 0 Å². The monoisotopic (exact) mass is 496 g/mol. The van der Waals surface area contributed by atoms with Crippen LogP contribution in [0.15, 0.2) is 48.5 Å². The molecule has 0 saturated carbocycles. The van der Waals surface area contributed by atoms with E-state index in [1.807, 2.05) is 76.2 Å². The highest BCUT2D eigenvalue weighted by Gasteiger charge is 2.18. The standard InChI is InChI=1S/C30H44N2O4/c1-5-27(35-25-17-13-15-23(3)21-25)29(33)31-19-11-9-7-8-10-12-20-32-30(34)28(6-2)36-26-18-14-16-24(4)22-26/h13-18,21-22,27-28H,5-12,19-20H2,1-4H3,(H,31,33)(H,32,34). The van der Waals surface area contributed by atoms with Crippen molar-refractivity contribution in [3.05, 3.63) is 59.7 Å². The second-order valence-corrected chi connectivity index (χ2v) is 9.37. The molecule has 2 aromatic rings. The fourth-order valence-corrected chi connectivity index (χ4v) is 3.96. The SMILES string of the molecule is CCC(Oc1cccc(C)c1)C(=O)NCCCCCCCCNC(=O)C(CC)Oc1cccc(C)c1. The summed E-state index contributed by atoms with van der Waals surface area (Å²) in [6, 6.07) is 15.6. The van der Waals surface area contributed by atoms with Crippen molar-refractivity contribution in [2.45, 2.75) is 91.3 Å². The summed E-state index contributed by atoms with van der Waals surface area (Å²) in [6.07, 6.45) is 6.64. The Balaban J connectivity index is 1.50. The van der Waals surface area contributed by atoms with Gasteiger partial charge in [0.15, 0.2) is 12.2 Å². The van der Waals surface area contributed by atoms with Crippen LogP contribution in [0, 0.1) is 13.8 Å². The Kier molecular flexibility index (Phi) is 13.5. The lowest BCUT2D eigenvalue weighted by atomic mass is 10.1. The number of nitrogens with one attached hydrogen (secondary N) is 2. The van der Waals surface area contributed by atoms with Gasteiger partial charge in [-0.1, -0.05) is 63.8 Å². The Bertz CT molecular complexity index is 855. The van der Waals surface area contributed by atoms with Crippen molar-refractivity contribution in [1.82, 2.24) is 10.6 Å². The molecule has 36 heavy (non-hydrogen) atoms. The van der Waals surface area contributed by atoms with Crippen LogP contribution in [0.4, 0.5) is 0 Å². The Morgan fingerprint density at radius 1 is 0.667 bits per heavy atom. The van der Waals surface area contributed by atoms with Crippen molar-refractivity contribution < 1.29 is 19.1 Å². The van der Waals surface area contributed by atoms with Gasteiger partial charge in [0.05, 0.1) is 0 Å². The van der Waals surface area contributed by atoms with Gasteiger partial charge in [-0.05, 0) is 74.9 Å². The van der Waals surface area contributed by atoms with Crippen LogP contribution in [-0.4, -0.2) is 37.1 Å². The molecule has 0 aromatic heterocycles. The summed E-state index contributed by atoms with van der Waals surface area (Å²) in [6.45, 7) is 9.27. The van der Waals surface area contributed by atoms with E-state index in [2.05, 4.69) is 10.6 Å². The number of aryl methyl sites for hydroxylation is 2. The number of unbranched alkanes of at least 4 members (excludes halogenated alkanes) is 5. The summed E-state index contributed by atoms with van der Waals surface area (Å²) < 4.78 is 11.7. The quantitative estimate of drug-likeness (QED) is 0.268. The van der Waals surface area contributed by atoms with Crippen molar-refractivity contribution in [2.75, 3.05) is 13.1 Å². The Hall–Kier alpha value is -3.02. The fraction of sp³-hybridized carbons (Fsp3) is 0.533. The number of amides is 2. The predicted octanol–water partition coefficient (Wildman–Crippen LogP) is 5.89. The van der Waals surface area contributed by atoms with E-state index in [0.29, 0.717) is 25.9 Å². The Morgan fingerprint density at radius 2 is 1.06 bits per heavy atom. The maximum Gasteiger partial charge on any atom is 0.261 e. The van der Waals surface area contributed by atoms with Crippen LogP contribution >= 0.6 is 0 Å². The molecule has 2 atom stereocenters. The molecular formula is C30H44N2O4. The summed E-state index contributed by atoms with van der Waals surface area (Å²) >= 11 is 0. The number of rotatable bonds is 17. The first-order chi connectivity index (χ1) is 17.4. The molecule has 6 nitrogen and oxygen atoms in total. The third kappa shape index (κ3) is 11.1. The normalized spacial score (nSPS) is 12.4. The van der Waals surface area contributed by atoms with Gasteiger partial charge in [-0.25, -0.2) is 0 Å². The zero-order valence-corrected chi connectivity index (χ0v) is 22.5. The molecule has 0 aliphatic heterocycles. The minimum atomic E-state index is -0.462. The van der Waals surface area contributed by atoms with Gasteiger partial charge in [-0.2, -0.15) is 0 Å². The minimum absolute atomic E-state index is 0.0495. The van der Waals surface area contributed by atoms with E-state index in [1.54, 1.807) is 0 Å². The van der Waals surface area contributed by atoms with Crippen LogP contribution in [0.1, 0.15) is 76.3 Å². The molecule has 0 heterocycles. The van der Waals surface area contributed by atoms with Gasteiger partial charge < -0.3 is 20.1 Å². The van der Waals surface area contributed by atoms with E-state index in [4.69, 9.17) is 9.47 Å². The van der Waals surface area contributed by atoms with Crippen LogP contribution in [0.25, 0.3) is 0 Å². The molecule has 2 unspecified atom stereocenters. The van der Waals surface area contributed by atoms with Crippen molar-refractivity contribution in [2.24, 2.45) is 0 Å². The largest absolute Gasteiger partial charge is 0.481 e. The second-order valence-electron chi connectivity index (χ2n) is 9.37. The molecule has 0 aliphatic carbocycles. The predicted molar refractivity (Wildman–Crippen MR) is 145 cm³/mol. The highest BCUT2D eigenvalue weighted by molar-refractivity contribution is 5.81. The molecule has 2 aromatic carbocycles. The fourth-order valence-electron chi connectivity index (χ4n) is 3.96. The zero-order chi connectivity index (χ0) is 26.2. The maximum atomic E-state index is 12.4. The van der Waals surface area contributed by atoms with E-state index in [-0.39, 0.29) is 11.8 Å². The van der Waals surface area contributed by atoms with Gasteiger partial charge in [-0.3, -0.25) is 9.59 Å². The summed E-state index contributed by atoms with van der Waals surface area (Å²) in [7, 11) is 0. The molecular weight excluding hydrogens is 452 g/mol. The molecule has 0 saturated heterocycles.